The lowest BCUT2D eigenvalue weighted by Gasteiger charge is -2.30. The maximum atomic E-state index is 5.99. The predicted molar refractivity (Wildman–Crippen MR) is 63.0 cm³/mol. The van der Waals surface area contributed by atoms with Crippen molar-refractivity contribution in [3.8, 4) is 0 Å². The van der Waals surface area contributed by atoms with Crippen LogP contribution in [0.1, 0.15) is 45.4 Å². The number of rotatable bonds is 5. The first kappa shape index (κ1) is 11.4. The van der Waals surface area contributed by atoms with Gasteiger partial charge in [0, 0.05) is 6.61 Å². The topological polar surface area (TPSA) is 21.3 Å². The molecule has 0 amide bonds. The first-order valence-corrected chi connectivity index (χ1v) is 6.70. The highest BCUT2D eigenvalue weighted by molar-refractivity contribution is 4.75. The molecular formula is C13H25NO. The molecule has 2 heteroatoms. The van der Waals surface area contributed by atoms with Crippen molar-refractivity contribution in [1.82, 2.24) is 5.32 Å². The molecule has 0 aromatic rings. The second-order valence-corrected chi connectivity index (χ2v) is 5.25. The normalized spacial score (nSPS) is 32.6. The van der Waals surface area contributed by atoms with E-state index in [9.17, 15) is 0 Å². The second kappa shape index (κ2) is 5.86. The monoisotopic (exact) mass is 211 g/mol. The van der Waals surface area contributed by atoms with Crippen LogP contribution in [-0.2, 0) is 4.74 Å². The molecule has 1 heterocycles. The molecule has 2 fully saturated rings. The van der Waals surface area contributed by atoms with Gasteiger partial charge in [-0.2, -0.15) is 0 Å². The van der Waals surface area contributed by atoms with Crippen molar-refractivity contribution >= 4 is 0 Å². The Morgan fingerprint density at radius 3 is 2.73 bits per heavy atom. The van der Waals surface area contributed by atoms with E-state index in [1.54, 1.807) is 0 Å². The largest absolute Gasteiger partial charge is 0.378 e. The average molecular weight is 211 g/mol. The number of nitrogens with one attached hydrogen (secondary N) is 1. The maximum Gasteiger partial charge on any atom is 0.0577 e. The smallest absolute Gasteiger partial charge is 0.0577 e. The number of hydrogen-bond acceptors (Lipinski definition) is 2. The number of ether oxygens (including phenoxy) is 1. The van der Waals surface area contributed by atoms with Gasteiger partial charge in [0.15, 0.2) is 0 Å². The fourth-order valence-electron chi connectivity index (χ4n) is 2.72. The highest BCUT2D eigenvalue weighted by Crippen LogP contribution is 2.28. The average Bonchev–Trinajstić information content (AvgIpc) is 2.22. The number of hydrogen-bond donors (Lipinski definition) is 1. The van der Waals surface area contributed by atoms with Crippen LogP contribution in [0.4, 0.5) is 0 Å². The van der Waals surface area contributed by atoms with Crippen LogP contribution in [0, 0.1) is 11.8 Å². The zero-order valence-corrected chi connectivity index (χ0v) is 10.0. The van der Waals surface area contributed by atoms with E-state index in [1.165, 1.54) is 51.6 Å². The molecular weight excluding hydrogens is 186 g/mol. The van der Waals surface area contributed by atoms with Gasteiger partial charge in [-0.15, -0.1) is 0 Å². The van der Waals surface area contributed by atoms with Gasteiger partial charge >= 0.3 is 0 Å². The lowest BCUT2D eigenvalue weighted by atomic mass is 9.85. The highest BCUT2D eigenvalue weighted by atomic mass is 16.5. The van der Waals surface area contributed by atoms with Gasteiger partial charge in [0.1, 0.15) is 0 Å². The van der Waals surface area contributed by atoms with Gasteiger partial charge in [0.25, 0.3) is 0 Å². The van der Waals surface area contributed by atoms with Crippen molar-refractivity contribution in [2.75, 3.05) is 19.7 Å². The lowest BCUT2D eigenvalue weighted by Crippen LogP contribution is -2.42. The van der Waals surface area contributed by atoms with Crippen LogP contribution in [0.3, 0.4) is 0 Å². The molecule has 2 aliphatic rings. The van der Waals surface area contributed by atoms with E-state index in [4.69, 9.17) is 4.74 Å². The Balaban J connectivity index is 1.56. The van der Waals surface area contributed by atoms with Crippen LogP contribution in [-0.4, -0.2) is 25.8 Å². The molecule has 2 nitrogen and oxygen atoms in total. The van der Waals surface area contributed by atoms with E-state index in [2.05, 4.69) is 12.2 Å². The van der Waals surface area contributed by atoms with Crippen molar-refractivity contribution in [1.29, 1.82) is 0 Å². The second-order valence-electron chi connectivity index (χ2n) is 5.25. The Morgan fingerprint density at radius 1 is 1.20 bits per heavy atom. The van der Waals surface area contributed by atoms with Gasteiger partial charge in [0.2, 0.25) is 0 Å². The fourth-order valence-corrected chi connectivity index (χ4v) is 2.72. The Kier molecular flexibility index (Phi) is 4.45. The van der Waals surface area contributed by atoms with E-state index in [1.807, 2.05) is 0 Å². The molecule has 1 saturated carbocycles. The quantitative estimate of drug-likeness (QED) is 0.754. The van der Waals surface area contributed by atoms with E-state index in [0.29, 0.717) is 6.10 Å². The van der Waals surface area contributed by atoms with Crippen molar-refractivity contribution in [3.63, 3.8) is 0 Å². The molecule has 0 aromatic heterocycles. The van der Waals surface area contributed by atoms with Gasteiger partial charge in [-0.05, 0) is 44.2 Å². The lowest BCUT2D eigenvalue weighted by molar-refractivity contribution is 0.00381. The minimum absolute atomic E-state index is 0.580. The first-order chi connectivity index (χ1) is 7.38. The summed E-state index contributed by atoms with van der Waals surface area (Å²) in [5.41, 5.74) is 0. The summed E-state index contributed by atoms with van der Waals surface area (Å²) in [6.07, 6.45) is 8.62. The van der Waals surface area contributed by atoms with Crippen molar-refractivity contribution < 1.29 is 4.74 Å². The summed E-state index contributed by atoms with van der Waals surface area (Å²) < 4.78 is 5.99. The Labute approximate surface area is 93.8 Å². The molecule has 0 spiro atoms. The summed E-state index contributed by atoms with van der Waals surface area (Å²) in [7, 11) is 0. The third kappa shape index (κ3) is 3.46. The van der Waals surface area contributed by atoms with Crippen LogP contribution < -0.4 is 5.32 Å². The molecule has 1 N–H and O–H groups in total. The maximum absolute atomic E-state index is 5.99. The SMILES string of the molecule is CCC1CCCC(OCCC2CNC2)C1. The Hall–Kier alpha value is -0.0800. The third-order valence-electron chi connectivity index (χ3n) is 4.06. The Bertz CT molecular complexity index is 179. The van der Waals surface area contributed by atoms with Crippen molar-refractivity contribution in [3.05, 3.63) is 0 Å². The summed E-state index contributed by atoms with van der Waals surface area (Å²) in [5.74, 6) is 1.84. The van der Waals surface area contributed by atoms with Crippen LogP contribution in [0.2, 0.25) is 0 Å². The summed E-state index contributed by atoms with van der Waals surface area (Å²) in [6, 6.07) is 0. The van der Waals surface area contributed by atoms with E-state index >= 15 is 0 Å². The van der Waals surface area contributed by atoms with Crippen molar-refractivity contribution in [2.45, 2.75) is 51.6 Å². The molecule has 1 aliphatic carbocycles. The minimum atomic E-state index is 0.580. The molecule has 2 atom stereocenters. The van der Waals surface area contributed by atoms with Gasteiger partial charge in [0.05, 0.1) is 6.10 Å². The third-order valence-corrected chi connectivity index (χ3v) is 4.06. The fraction of sp³-hybridized carbons (Fsp3) is 1.00. The van der Waals surface area contributed by atoms with Gasteiger partial charge in [-0.1, -0.05) is 26.2 Å². The van der Waals surface area contributed by atoms with Gasteiger partial charge in [-0.25, -0.2) is 0 Å². The molecule has 1 aliphatic heterocycles. The summed E-state index contributed by atoms with van der Waals surface area (Å²) in [5, 5.41) is 3.31. The molecule has 2 unspecified atom stereocenters. The molecule has 1 saturated heterocycles. The summed E-state index contributed by atoms with van der Waals surface area (Å²) >= 11 is 0. The summed E-state index contributed by atoms with van der Waals surface area (Å²) in [4.78, 5) is 0. The predicted octanol–water partition coefficient (Wildman–Crippen LogP) is 2.58. The minimum Gasteiger partial charge on any atom is -0.378 e. The molecule has 15 heavy (non-hydrogen) atoms. The first-order valence-electron chi connectivity index (χ1n) is 6.70. The molecule has 88 valence electrons. The standard InChI is InChI=1S/C13H25NO/c1-2-11-4-3-5-13(8-11)15-7-6-12-9-14-10-12/h11-14H,2-10H2,1H3. The van der Waals surface area contributed by atoms with Crippen LogP contribution >= 0.6 is 0 Å². The molecule has 0 bridgehead atoms. The molecule has 2 rings (SSSR count). The zero-order valence-electron chi connectivity index (χ0n) is 10.0. The van der Waals surface area contributed by atoms with E-state index in [-0.39, 0.29) is 0 Å². The van der Waals surface area contributed by atoms with E-state index in [0.717, 1.165) is 18.4 Å². The van der Waals surface area contributed by atoms with Gasteiger partial charge < -0.3 is 10.1 Å². The van der Waals surface area contributed by atoms with Crippen LogP contribution in [0.25, 0.3) is 0 Å². The van der Waals surface area contributed by atoms with Gasteiger partial charge in [-0.3, -0.25) is 0 Å². The van der Waals surface area contributed by atoms with Crippen molar-refractivity contribution in [2.24, 2.45) is 11.8 Å². The van der Waals surface area contributed by atoms with Crippen LogP contribution in [0.5, 0.6) is 0 Å². The van der Waals surface area contributed by atoms with E-state index < -0.39 is 0 Å². The molecule has 0 radical (unpaired) electrons. The summed E-state index contributed by atoms with van der Waals surface area (Å²) in [6.45, 7) is 5.73. The Morgan fingerprint density at radius 2 is 2.07 bits per heavy atom. The molecule has 0 aromatic carbocycles. The van der Waals surface area contributed by atoms with Crippen LogP contribution in [0.15, 0.2) is 0 Å². The zero-order chi connectivity index (χ0) is 10.5. The highest BCUT2D eigenvalue weighted by Gasteiger charge is 2.22.